The van der Waals surface area contributed by atoms with Gasteiger partial charge >= 0.3 is 0 Å². The normalized spacial score (nSPS) is 21.2. The molecule has 0 aromatic carbocycles. The summed E-state index contributed by atoms with van der Waals surface area (Å²) in [4.78, 5) is 5.19. The maximum atomic E-state index is 2.64. The molecule has 1 heterocycles. The summed E-state index contributed by atoms with van der Waals surface area (Å²) in [5.74, 6) is 0.928. The molecule has 1 fully saturated rings. The van der Waals surface area contributed by atoms with Crippen LogP contribution in [0.15, 0.2) is 0 Å². The number of piperazine rings is 1. The van der Waals surface area contributed by atoms with Gasteiger partial charge in [0.15, 0.2) is 0 Å². The van der Waals surface area contributed by atoms with Crippen molar-refractivity contribution in [3.05, 3.63) is 0 Å². The van der Waals surface area contributed by atoms with Gasteiger partial charge in [-0.2, -0.15) is 0 Å². The fourth-order valence-electron chi connectivity index (χ4n) is 2.36. The number of rotatable bonds is 7. The number of nitrogens with zero attached hydrogens (tertiary/aromatic N) is 2. The van der Waals surface area contributed by atoms with E-state index in [1.807, 2.05) is 0 Å². The summed E-state index contributed by atoms with van der Waals surface area (Å²) in [5.41, 5.74) is 0. The Hall–Kier alpha value is -0.0800. The van der Waals surface area contributed by atoms with E-state index in [1.165, 1.54) is 65.0 Å². The zero-order chi connectivity index (χ0) is 11.8. The molecule has 0 aromatic rings. The maximum Gasteiger partial charge on any atom is 0.0110 e. The summed E-state index contributed by atoms with van der Waals surface area (Å²) < 4.78 is 0. The third-order valence-electron chi connectivity index (χ3n) is 4.03. The molecule has 0 aliphatic carbocycles. The van der Waals surface area contributed by atoms with Gasteiger partial charge in [0, 0.05) is 26.2 Å². The average molecular weight is 226 g/mol. The molecule has 1 unspecified atom stereocenters. The van der Waals surface area contributed by atoms with E-state index >= 15 is 0 Å². The van der Waals surface area contributed by atoms with Crippen LogP contribution >= 0.6 is 0 Å². The maximum absolute atomic E-state index is 2.64. The second kappa shape index (κ2) is 8.08. The van der Waals surface area contributed by atoms with E-state index < -0.39 is 0 Å². The lowest BCUT2D eigenvalue weighted by molar-refractivity contribution is 0.135. The van der Waals surface area contributed by atoms with E-state index in [0.29, 0.717) is 0 Å². The molecule has 0 aromatic heterocycles. The minimum absolute atomic E-state index is 0.928. The van der Waals surface area contributed by atoms with Crippen LogP contribution in [0.4, 0.5) is 0 Å². The van der Waals surface area contributed by atoms with E-state index in [-0.39, 0.29) is 0 Å². The van der Waals surface area contributed by atoms with Crippen LogP contribution in [0, 0.1) is 5.92 Å². The number of hydrogen-bond donors (Lipinski definition) is 0. The third-order valence-corrected chi connectivity index (χ3v) is 4.03. The van der Waals surface area contributed by atoms with Crippen molar-refractivity contribution in [2.24, 2.45) is 5.92 Å². The minimum Gasteiger partial charge on any atom is -0.301 e. The average Bonchev–Trinajstić information content (AvgIpc) is 2.35. The van der Waals surface area contributed by atoms with Gasteiger partial charge in [0.25, 0.3) is 0 Å². The van der Waals surface area contributed by atoms with Crippen LogP contribution in [0.1, 0.15) is 46.5 Å². The Bertz CT molecular complexity index is 162. The van der Waals surface area contributed by atoms with Gasteiger partial charge in [0.05, 0.1) is 0 Å². The smallest absolute Gasteiger partial charge is 0.0110 e. The van der Waals surface area contributed by atoms with Gasteiger partial charge in [-0.25, -0.2) is 0 Å². The first-order chi connectivity index (χ1) is 7.76. The molecule has 16 heavy (non-hydrogen) atoms. The molecule has 0 radical (unpaired) electrons. The van der Waals surface area contributed by atoms with E-state index in [0.717, 1.165) is 5.92 Å². The predicted octanol–water partition coefficient (Wildman–Crippen LogP) is 2.84. The highest BCUT2D eigenvalue weighted by Crippen LogP contribution is 2.12. The Labute approximate surface area is 102 Å². The molecule has 1 rings (SSSR count). The lowest BCUT2D eigenvalue weighted by atomic mass is 10.0. The molecular weight excluding hydrogens is 196 g/mol. The Morgan fingerprint density at radius 1 is 0.938 bits per heavy atom. The summed E-state index contributed by atoms with van der Waals surface area (Å²) in [5, 5.41) is 0. The van der Waals surface area contributed by atoms with Crippen LogP contribution in [0.25, 0.3) is 0 Å². The van der Waals surface area contributed by atoms with Crippen LogP contribution in [0.2, 0.25) is 0 Å². The van der Waals surface area contributed by atoms with E-state index in [2.05, 4.69) is 30.6 Å². The molecule has 0 bridgehead atoms. The lowest BCUT2D eigenvalue weighted by Gasteiger charge is -2.34. The largest absolute Gasteiger partial charge is 0.301 e. The standard InChI is InChI=1S/C14H30N2/c1-4-14(3)8-6-7-9-16-12-10-15(5-2)11-13-16/h14H,4-13H2,1-3H3. The topological polar surface area (TPSA) is 6.48 Å². The Kier molecular flexibility index (Phi) is 7.06. The molecule has 0 saturated carbocycles. The highest BCUT2D eigenvalue weighted by molar-refractivity contribution is 4.70. The highest BCUT2D eigenvalue weighted by atomic mass is 15.3. The summed E-state index contributed by atoms with van der Waals surface area (Å²) >= 11 is 0. The van der Waals surface area contributed by atoms with Crippen molar-refractivity contribution in [3.8, 4) is 0 Å². The minimum atomic E-state index is 0.928. The second-order valence-corrected chi connectivity index (χ2v) is 5.29. The first-order valence-corrected chi connectivity index (χ1v) is 7.21. The molecule has 2 heteroatoms. The van der Waals surface area contributed by atoms with Gasteiger partial charge in [-0.15, -0.1) is 0 Å². The zero-order valence-corrected chi connectivity index (χ0v) is 11.5. The van der Waals surface area contributed by atoms with Crippen LogP contribution < -0.4 is 0 Å². The molecule has 96 valence electrons. The highest BCUT2D eigenvalue weighted by Gasteiger charge is 2.14. The van der Waals surface area contributed by atoms with E-state index in [9.17, 15) is 0 Å². The lowest BCUT2D eigenvalue weighted by Crippen LogP contribution is -2.46. The fraction of sp³-hybridized carbons (Fsp3) is 1.00. The van der Waals surface area contributed by atoms with Gasteiger partial charge in [-0.3, -0.25) is 0 Å². The van der Waals surface area contributed by atoms with Gasteiger partial charge in [0.2, 0.25) is 0 Å². The molecule has 1 atom stereocenters. The first kappa shape index (κ1) is 14.0. The van der Waals surface area contributed by atoms with Crippen LogP contribution in [0.5, 0.6) is 0 Å². The molecule has 0 amide bonds. The van der Waals surface area contributed by atoms with Crippen LogP contribution in [-0.2, 0) is 0 Å². The zero-order valence-electron chi connectivity index (χ0n) is 11.5. The summed E-state index contributed by atoms with van der Waals surface area (Å²) in [7, 11) is 0. The van der Waals surface area contributed by atoms with Crippen molar-refractivity contribution >= 4 is 0 Å². The Morgan fingerprint density at radius 3 is 2.12 bits per heavy atom. The monoisotopic (exact) mass is 226 g/mol. The quantitative estimate of drug-likeness (QED) is 0.616. The van der Waals surface area contributed by atoms with Crippen molar-refractivity contribution in [1.82, 2.24) is 9.80 Å². The SMILES string of the molecule is CCC(C)CCCCN1CCN(CC)CC1. The molecule has 2 nitrogen and oxygen atoms in total. The molecular formula is C14H30N2. The van der Waals surface area contributed by atoms with E-state index in [1.54, 1.807) is 0 Å². The molecule has 1 saturated heterocycles. The van der Waals surface area contributed by atoms with Crippen LogP contribution in [-0.4, -0.2) is 49.1 Å². The number of unbranched alkanes of at least 4 members (excludes halogenated alkanes) is 1. The second-order valence-electron chi connectivity index (χ2n) is 5.29. The van der Waals surface area contributed by atoms with Gasteiger partial charge < -0.3 is 9.80 Å². The molecule has 0 N–H and O–H groups in total. The van der Waals surface area contributed by atoms with Gasteiger partial charge in [-0.1, -0.05) is 40.0 Å². The van der Waals surface area contributed by atoms with Crippen molar-refractivity contribution in [3.63, 3.8) is 0 Å². The van der Waals surface area contributed by atoms with E-state index in [4.69, 9.17) is 0 Å². The van der Waals surface area contributed by atoms with Crippen molar-refractivity contribution in [2.45, 2.75) is 46.5 Å². The third kappa shape index (κ3) is 5.31. The van der Waals surface area contributed by atoms with Gasteiger partial charge in [-0.05, 0) is 25.4 Å². The molecule has 1 aliphatic heterocycles. The summed E-state index contributed by atoms with van der Waals surface area (Å²) in [6.07, 6.45) is 5.58. The Balaban J connectivity index is 1.98. The number of hydrogen-bond acceptors (Lipinski definition) is 2. The first-order valence-electron chi connectivity index (χ1n) is 7.21. The van der Waals surface area contributed by atoms with Crippen molar-refractivity contribution in [2.75, 3.05) is 39.3 Å². The summed E-state index contributed by atoms with van der Waals surface area (Å²) in [6, 6.07) is 0. The molecule has 1 aliphatic rings. The van der Waals surface area contributed by atoms with Gasteiger partial charge in [0.1, 0.15) is 0 Å². The Morgan fingerprint density at radius 2 is 1.56 bits per heavy atom. The fourth-order valence-corrected chi connectivity index (χ4v) is 2.36. The van der Waals surface area contributed by atoms with Crippen molar-refractivity contribution < 1.29 is 0 Å². The van der Waals surface area contributed by atoms with Crippen LogP contribution in [0.3, 0.4) is 0 Å². The predicted molar refractivity (Wildman–Crippen MR) is 71.9 cm³/mol. The molecule has 0 spiro atoms. The van der Waals surface area contributed by atoms with Crippen molar-refractivity contribution in [1.29, 1.82) is 0 Å². The number of likely N-dealkylation sites (N-methyl/N-ethyl adjacent to an activating group) is 1. The summed E-state index contributed by atoms with van der Waals surface area (Å²) in [6.45, 7) is 14.6.